The molecule has 0 aliphatic rings. The first-order chi connectivity index (χ1) is 9.02. The van der Waals surface area contributed by atoms with Crippen molar-refractivity contribution in [3.63, 3.8) is 0 Å². The van der Waals surface area contributed by atoms with Gasteiger partial charge in [0.25, 0.3) is 0 Å². The number of halogens is 1. The molecule has 0 atom stereocenters. The van der Waals surface area contributed by atoms with Gasteiger partial charge in [0.15, 0.2) is 5.69 Å². The molecule has 0 bridgehead atoms. The zero-order chi connectivity index (χ0) is 14.0. The maximum absolute atomic E-state index is 11.7. The zero-order valence-corrected chi connectivity index (χ0v) is 11.9. The maximum atomic E-state index is 11.7. The number of ether oxygens (including phenoxy) is 1. The van der Waals surface area contributed by atoms with Crippen molar-refractivity contribution in [3.05, 3.63) is 40.5 Å². The molecule has 0 saturated carbocycles. The Morgan fingerprint density at radius 1 is 1.42 bits per heavy atom. The van der Waals surface area contributed by atoms with E-state index in [1.54, 1.807) is 24.7 Å². The summed E-state index contributed by atoms with van der Waals surface area (Å²) in [6, 6.07) is 7.36. The van der Waals surface area contributed by atoms with E-state index in [4.69, 9.17) is 16.3 Å². The number of aromatic nitrogens is 2. The summed E-state index contributed by atoms with van der Waals surface area (Å²) in [7, 11) is 1.79. The summed E-state index contributed by atoms with van der Waals surface area (Å²) >= 11 is 6.02. The van der Waals surface area contributed by atoms with E-state index in [-0.39, 0.29) is 0 Å². The standard InChI is InChI=1S/C14H15ClN2O2/c1-4-19-14(18)12-8-13(17(3)16-12)11-7-10(15)6-5-9(11)2/h5-8H,4H2,1-3H3. The fourth-order valence-electron chi connectivity index (χ4n) is 1.89. The van der Waals surface area contributed by atoms with Crippen LogP contribution in [0.1, 0.15) is 23.0 Å². The molecule has 0 fully saturated rings. The lowest BCUT2D eigenvalue weighted by Crippen LogP contribution is -2.05. The van der Waals surface area contributed by atoms with Crippen molar-refractivity contribution in [2.24, 2.45) is 7.05 Å². The monoisotopic (exact) mass is 278 g/mol. The highest BCUT2D eigenvalue weighted by Gasteiger charge is 2.16. The molecule has 0 N–H and O–H groups in total. The minimum atomic E-state index is -0.413. The van der Waals surface area contributed by atoms with Crippen molar-refractivity contribution in [2.75, 3.05) is 6.61 Å². The molecule has 5 heteroatoms. The summed E-state index contributed by atoms with van der Waals surface area (Å²) in [5, 5.41) is 4.83. The van der Waals surface area contributed by atoms with Crippen molar-refractivity contribution in [1.82, 2.24) is 9.78 Å². The van der Waals surface area contributed by atoms with Crippen LogP contribution < -0.4 is 0 Å². The maximum Gasteiger partial charge on any atom is 0.358 e. The Balaban J connectivity index is 2.46. The molecule has 1 heterocycles. The number of hydrogen-bond acceptors (Lipinski definition) is 3. The minimum absolute atomic E-state index is 0.304. The second kappa shape index (κ2) is 5.45. The predicted octanol–water partition coefficient (Wildman–Crippen LogP) is 3.23. The van der Waals surface area contributed by atoms with E-state index in [9.17, 15) is 4.79 Å². The predicted molar refractivity (Wildman–Crippen MR) is 74.3 cm³/mol. The van der Waals surface area contributed by atoms with Gasteiger partial charge in [0.05, 0.1) is 12.3 Å². The second-order valence-electron chi connectivity index (χ2n) is 4.22. The van der Waals surface area contributed by atoms with Crippen molar-refractivity contribution >= 4 is 17.6 Å². The molecule has 100 valence electrons. The summed E-state index contributed by atoms with van der Waals surface area (Å²) in [6.45, 7) is 4.09. The van der Waals surface area contributed by atoms with Crippen LogP contribution in [0.4, 0.5) is 0 Å². The Morgan fingerprint density at radius 3 is 2.84 bits per heavy atom. The van der Waals surface area contributed by atoms with Gasteiger partial charge in [-0.05, 0) is 37.6 Å². The average molecular weight is 279 g/mol. The van der Waals surface area contributed by atoms with Gasteiger partial charge < -0.3 is 4.74 Å². The Bertz CT molecular complexity index is 620. The molecule has 0 saturated heterocycles. The Hall–Kier alpha value is -1.81. The summed E-state index contributed by atoms with van der Waals surface area (Å²) in [4.78, 5) is 11.7. The van der Waals surface area contributed by atoms with Crippen LogP contribution >= 0.6 is 11.6 Å². The van der Waals surface area contributed by atoms with Gasteiger partial charge in [0.2, 0.25) is 0 Å². The third kappa shape index (κ3) is 2.79. The molecule has 0 aliphatic carbocycles. The molecule has 19 heavy (non-hydrogen) atoms. The largest absolute Gasteiger partial charge is 0.461 e. The summed E-state index contributed by atoms with van der Waals surface area (Å²) in [5.74, 6) is -0.413. The van der Waals surface area contributed by atoms with Crippen LogP contribution in [0.2, 0.25) is 5.02 Å². The smallest absolute Gasteiger partial charge is 0.358 e. The highest BCUT2D eigenvalue weighted by atomic mass is 35.5. The van der Waals surface area contributed by atoms with Gasteiger partial charge in [0, 0.05) is 17.6 Å². The van der Waals surface area contributed by atoms with Gasteiger partial charge >= 0.3 is 5.97 Å². The SMILES string of the molecule is CCOC(=O)c1cc(-c2cc(Cl)ccc2C)n(C)n1. The number of esters is 1. The minimum Gasteiger partial charge on any atom is -0.461 e. The van der Waals surface area contributed by atoms with E-state index in [1.807, 2.05) is 25.1 Å². The number of hydrogen-bond donors (Lipinski definition) is 0. The number of carbonyl (C=O) groups is 1. The van der Waals surface area contributed by atoms with E-state index in [2.05, 4.69) is 5.10 Å². The normalized spacial score (nSPS) is 10.5. The Labute approximate surface area is 116 Å². The first-order valence-corrected chi connectivity index (χ1v) is 6.38. The quantitative estimate of drug-likeness (QED) is 0.810. The van der Waals surface area contributed by atoms with Crippen LogP contribution in [-0.4, -0.2) is 22.4 Å². The lowest BCUT2D eigenvalue weighted by molar-refractivity contribution is 0.0518. The first kappa shape index (κ1) is 13.6. The third-order valence-corrected chi connectivity index (χ3v) is 3.08. The fraction of sp³-hybridized carbons (Fsp3) is 0.286. The van der Waals surface area contributed by atoms with Crippen LogP contribution in [0, 0.1) is 6.92 Å². The van der Waals surface area contributed by atoms with Crippen molar-refractivity contribution in [3.8, 4) is 11.3 Å². The molecule has 0 spiro atoms. The molecule has 4 nitrogen and oxygen atoms in total. The fourth-order valence-corrected chi connectivity index (χ4v) is 2.07. The Kier molecular flexibility index (Phi) is 3.90. The molecule has 0 aliphatic heterocycles. The van der Waals surface area contributed by atoms with Crippen molar-refractivity contribution in [2.45, 2.75) is 13.8 Å². The summed E-state index contributed by atoms with van der Waals surface area (Å²) in [6.07, 6.45) is 0. The lowest BCUT2D eigenvalue weighted by Gasteiger charge is -2.06. The van der Waals surface area contributed by atoms with E-state index in [0.29, 0.717) is 17.3 Å². The number of carbonyl (C=O) groups excluding carboxylic acids is 1. The lowest BCUT2D eigenvalue weighted by atomic mass is 10.1. The molecule has 1 aromatic heterocycles. The first-order valence-electron chi connectivity index (χ1n) is 6.00. The van der Waals surface area contributed by atoms with Gasteiger partial charge in [-0.15, -0.1) is 0 Å². The second-order valence-corrected chi connectivity index (χ2v) is 4.65. The van der Waals surface area contributed by atoms with Crippen LogP contribution in [0.15, 0.2) is 24.3 Å². The van der Waals surface area contributed by atoms with E-state index < -0.39 is 5.97 Å². The van der Waals surface area contributed by atoms with Gasteiger partial charge in [0.1, 0.15) is 0 Å². The average Bonchev–Trinajstić information content (AvgIpc) is 2.75. The van der Waals surface area contributed by atoms with Gasteiger partial charge in [-0.2, -0.15) is 5.10 Å². The van der Waals surface area contributed by atoms with Crippen molar-refractivity contribution in [1.29, 1.82) is 0 Å². The number of aryl methyl sites for hydroxylation is 2. The van der Waals surface area contributed by atoms with E-state index in [1.165, 1.54) is 0 Å². The molecule has 2 rings (SSSR count). The third-order valence-electron chi connectivity index (χ3n) is 2.84. The Morgan fingerprint density at radius 2 is 2.16 bits per heavy atom. The number of benzene rings is 1. The van der Waals surface area contributed by atoms with E-state index >= 15 is 0 Å². The molecule has 2 aromatic rings. The zero-order valence-electron chi connectivity index (χ0n) is 11.1. The van der Waals surface area contributed by atoms with Crippen molar-refractivity contribution < 1.29 is 9.53 Å². The summed E-state index contributed by atoms with van der Waals surface area (Å²) < 4.78 is 6.60. The number of nitrogens with zero attached hydrogens (tertiary/aromatic N) is 2. The summed E-state index contributed by atoms with van der Waals surface area (Å²) in [5.41, 5.74) is 3.17. The van der Waals surface area contributed by atoms with Gasteiger partial charge in [-0.1, -0.05) is 17.7 Å². The van der Waals surface area contributed by atoms with Crippen LogP contribution in [0.3, 0.4) is 0 Å². The van der Waals surface area contributed by atoms with Crippen LogP contribution in [0.5, 0.6) is 0 Å². The van der Waals surface area contributed by atoms with Crippen LogP contribution in [-0.2, 0) is 11.8 Å². The van der Waals surface area contributed by atoms with E-state index in [0.717, 1.165) is 16.8 Å². The number of rotatable bonds is 3. The highest BCUT2D eigenvalue weighted by molar-refractivity contribution is 6.30. The molecular weight excluding hydrogens is 264 g/mol. The molecular formula is C14H15ClN2O2. The van der Waals surface area contributed by atoms with Gasteiger partial charge in [-0.25, -0.2) is 4.79 Å². The van der Waals surface area contributed by atoms with Crippen LogP contribution in [0.25, 0.3) is 11.3 Å². The molecule has 1 aromatic carbocycles. The highest BCUT2D eigenvalue weighted by Crippen LogP contribution is 2.27. The molecule has 0 amide bonds. The topological polar surface area (TPSA) is 44.1 Å². The molecule has 0 radical (unpaired) electrons. The molecule has 0 unspecified atom stereocenters. The van der Waals surface area contributed by atoms with Gasteiger partial charge in [-0.3, -0.25) is 4.68 Å².